The SMILES string of the molecule is CNC(=O)c1cnn2c(C3CCN(c4ccncn4)CC3)ccnc12. The summed E-state index contributed by atoms with van der Waals surface area (Å²) in [6.45, 7) is 1.85. The molecule has 4 heterocycles. The molecule has 8 heteroatoms. The van der Waals surface area contributed by atoms with E-state index in [4.69, 9.17) is 0 Å². The molecular formula is C17H19N7O. The summed E-state index contributed by atoms with van der Waals surface area (Å²) in [7, 11) is 1.61. The van der Waals surface area contributed by atoms with Crippen LogP contribution in [-0.2, 0) is 0 Å². The molecule has 1 fully saturated rings. The van der Waals surface area contributed by atoms with E-state index >= 15 is 0 Å². The molecule has 1 amide bonds. The standard InChI is InChI=1S/C17H19N7O/c1-18-17(25)13-10-22-24-14(2-7-20-16(13)24)12-4-8-23(9-5-12)15-3-6-19-11-21-15/h2-3,6-7,10-12H,4-5,8-9H2,1H3,(H,18,25). The first-order chi connectivity index (χ1) is 12.3. The van der Waals surface area contributed by atoms with Gasteiger partial charge >= 0.3 is 0 Å². The van der Waals surface area contributed by atoms with Crippen molar-refractivity contribution in [3.8, 4) is 0 Å². The zero-order valence-corrected chi connectivity index (χ0v) is 14.0. The van der Waals surface area contributed by atoms with Crippen molar-refractivity contribution in [1.29, 1.82) is 0 Å². The normalized spacial score (nSPS) is 15.5. The van der Waals surface area contributed by atoms with Gasteiger partial charge in [-0.05, 0) is 25.0 Å². The maximum Gasteiger partial charge on any atom is 0.256 e. The molecule has 0 atom stereocenters. The third-order valence-electron chi connectivity index (χ3n) is 4.71. The van der Waals surface area contributed by atoms with E-state index in [9.17, 15) is 4.79 Å². The second-order valence-corrected chi connectivity index (χ2v) is 6.07. The van der Waals surface area contributed by atoms with Crippen LogP contribution in [0.5, 0.6) is 0 Å². The summed E-state index contributed by atoms with van der Waals surface area (Å²) >= 11 is 0. The molecule has 1 N–H and O–H groups in total. The Balaban J connectivity index is 1.57. The van der Waals surface area contributed by atoms with E-state index < -0.39 is 0 Å². The minimum absolute atomic E-state index is 0.168. The Kier molecular flexibility index (Phi) is 4.01. The Labute approximate surface area is 144 Å². The first kappa shape index (κ1) is 15.5. The quantitative estimate of drug-likeness (QED) is 0.774. The fourth-order valence-electron chi connectivity index (χ4n) is 3.39. The largest absolute Gasteiger partial charge is 0.356 e. The van der Waals surface area contributed by atoms with E-state index in [1.165, 1.54) is 0 Å². The molecule has 0 radical (unpaired) electrons. The molecule has 0 aliphatic carbocycles. The van der Waals surface area contributed by atoms with E-state index in [1.807, 2.05) is 12.1 Å². The molecule has 1 saturated heterocycles. The van der Waals surface area contributed by atoms with Crippen LogP contribution in [0.4, 0.5) is 5.82 Å². The lowest BCUT2D eigenvalue weighted by Gasteiger charge is -2.32. The average molecular weight is 337 g/mol. The lowest BCUT2D eigenvalue weighted by Crippen LogP contribution is -2.34. The van der Waals surface area contributed by atoms with Crippen LogP contribution in [-0.4, -0.2) is 50.6 Å². The molecule has 0 unspecified atom stereocenters. The summed E-state index contributed by atoms with van der Waals surface area (Å²) in [5.41, 5.74) is 2.21. The first-order valence-electron chi connectivity index (χ1n) is 8.33. The van der Waals surface area contributed by atoms with Crippen molar-refractivity contribution in [1.82, 2.24) is 29.9 Å². The van der Waals surface area contributed by atoms with Crippen molar-refractivity contribution in [3.05, 3.63) is 48.3 Å². The van der Waals surface area contributed by atoms with Gasteiger partial charge in [0.25, 0.3) is 5.91 Å². The van der Waals surface area contributed by atoms with Gasteiger partial charge in [-0.15, -0.1) is 0 Å². The molecule has 25 heavy (non-hydrogen) atoms. The van der Waals surface area contributed by atoms with Gasteiger partial charge in [0.2, 0.25) is 0 Å². The summed E-state index contributed by atoms with van der Waals surface area (Å²) in [5, 5.41) is 7.03. The second-order valence-electron chi connectivity index (χ2n) is 6.07. The van der Waals surface area contributed by atoms with Gasteiger partial charge in [0.1, 0.15) is 17.7 Å². The Morgan fingerprint density at radius 2 is 2.04 bits per heavy atom. The van der Waals surface area contributed by atoms with Gasteiger partial charge in [-0.25, -0.2) is 19.5 Å². The van der Waals surface area contributed by atoms with E-state index in [0.717, 1.165) is 37.4 Å². The highest BCUT2D eigenvalue weighted by Gasteiger charge is 2.24. The van der Waals surface area contributed by atoms with Crippen LogP contribution in [0.2, 0.25) is 0 Å². The number of hydrogen-bond donors (Lipinski definition) is 1. The Bertz CT molecular complexity index is 884. The highest BCUT2D eigenvalue weighted by atomic mass is 16.1. The van der Waals surface area contributed by atoms with Gasteiger partial charge < -0.3 is 10.2 Å². The smallest absolute Gasteiger partial charge is 0.256 e. The molecule has 0 saturated carbocycles. The average Bonchev–Trinajstić information content (AvgIpc) is 3.12. The zero-order chi connectivity index (χ0) is 17.2. The van der Waals surface area contributed by atoms with Crippen molar-refractivity contribution < 1.29 is 4.79 Å². The molecule has 4 rings (SSSR count). The summed E-state index contributed by atoms with van der Waals surface area (Å²) in [6.07, 6.45) is 8.69. The van der Waals surface area contributed by atoms with E-state index in [-0.39, 0.29) is 5.91 Å². The number of piperidine rings is 1. The van der Waals surface area contributed by atoms with Gasteiger partial charge in [-0.3, -0.25) is 4.79 Å². The van der Waals surface area contributed by atoms with Crippen LogP contribution in [0, 0.1) is 0 Å². The van der Waals surface area contributed by atoms with Crippen LogP contribution < -0.4 is 10.2 Å². The summed E-state index contributed by atoms with van der Waals surface area (Å²) in [6, 6.07) is 3.94. The minimum atomic E-state index is -0.168. The van der Waals surface area contributed by atoms with Gasteiger partial charge in [0.15, 0.2) is 5.65 Å². The molecule has 8 nitrogen and oxygen atoms in total. The van der Waals surface area contributed by atoms with Crippen molar-refractivity contribution >= 4 is 17.4 Å². The predicted octanol–water partition coefficient (Wildman–Crippen LogP) is 1.26. The number of anilines is 1. The van der Waals surface area contributed by atoms with Crippen LogP contribution in [0.1, 0.15) is 34.8 Å². The highest BCUT2D eigenvalue weighted by Crippen LogP contribution is 2.29. The summed E-state index contributed by atoms with van der Waals surface area (Å²) in [4.78, 5) is 26.9. The van der Waals surface area contributed by atoms with Crippen molar-refractivity contribution in [2.45, 2.75) is 18.8 Å². The van der Waals surface area contributed by atoms with Gasteiger partial charge in [-0.2, -0.15) is 5.10 Å². The third kappa shape index (κ3) is 2.79. The van der Waals surface area contributed by atoms with Crippen LogP contribution in [0.25, 0.3) is 5.65 Å². The molecule has 0 aromatic carbocycles. The van der Waals surface area contributed by atoms with Crippen molar-refractivity contribution in [2.75, 3.05) is 25.0 Å². The van der Waals surface area contributed by atoms with E-state index in [0.29, 0.717) is 17.1 Å². The van der Waals surface area contributed by atoms with E-state index in [2.05, 4.69) is 30.3 Å². The van der Waals surface area contributed by atoms with Crippen LogP contribution in [0.3, 0.4) is 0 Å². The fraction of sp³-hybridized carbons (Fsp3) is 0.353. The van der Waals surface area contributed by atoms with Gasteiger partial charge in [0.05, 0.1) is 6.20 Å². The first-order valence-corrected chi connectivity index (χ1v) is 8.33. The fourth-order valence-corrected chi connectivity index (χ4v) is 3.39. The number of nitrogens with zero attached hydrogens (tertiary/aromatic N) is 6. The minimum Gasteiger partial charge on any atom is -0.356 e. The number of aromatic nitrogens is 5. The number of carbonyl (C=O) groups excluding carboxylic acids is 1. The number of nitrogens with one attached hydrogen (secondary N) is 1. The topological polar surface area (TPSA) is 88.3 Å². The van der Waals surface area contributed by atoms with Gasteiger partial charge in [-0.1, -0.05) is 0 Å². The number of fused-ring (bicyclic) bond motifs is 1. The Morgan fingerprint density at radius 1 is 1.20 bits per heavy atom. The highest BCUT2D eigenvalue weighted by molar-refractivity contribution is 5.99. The number of amides is 1. The molecule has 1 aliphatic heterocycles. The Hall–Kier alpha value is -3.03. The van der Waals surface area contributed by atoms with E-state index in [1.54, 1.807) is 36.5 Å². The molecular weight excluding hydrogens is 318 g/mol. The van der Waals surface area contributed by atoms with Crippen LogP contribution >= 0.6 is 0 Å². The second kappa shape index (κ2) is 6.46. The number of hydrogen-bond acceptors (Lipinski definition) is 6. The molecule has 3 aromatic rings. The zero-order valence-electron chi connectivity index (χ0n) is 14.0. The van der Waals surface area contributed by atoms with Crippen LogP contribution in [0.15, 0.2) is 37.1 Å². The van der Waals surface area contributed by atoms with Crippen molar-refractivity contribution in [2.24, 2.45) is 0 Å². The number of rotatable bonds is 3. The molecule has 128 valence electrons. The monoisotopic (exact) mass is 337 g/mol. The number of carbonyl (C=O) groups is 1. The third-order valence-corrected chi connectivity index (χ3v) is 4.71. The maximum atomic E-state index is 12.0. The predicted molar refractivity (Wildman–Crippen MR) is 92.6 cm³/mol. The lowest BCUT2D eigenvalue weighted by molar-refractivity contribution is 0.0964. The summed E-state index contributed by atoms with van der Waals surface area (Å²) < 4.78 is 1.80. The Morgan fingerprint density at radius 3 is 2.76 bits per heavy atom. The molecule has 1 aliphatic rings. The molecule has 0 spiro atoms. The van der Waals surface area contributed by atoms with Gasteiger partial charge in [0, 0.05) is 44.1 Å². The van der Waals surface area contributed by atoms with Crippen molar-refractivity contribution in [3.63, 3.8) is 0 Å². The molecule has 0 bridgehead atoms. The molecule has 3 aromatic heterocycles. The lowest BCUT2D eigenvalue weighted by atomic mass is 9.93. The maximum absolute atomic E-state index is 12.0. The summed E-state index contributed by atoms with van der Waals surface area (Å²) in [5.74, 6) is 1.17.